The molecular weight excluding hydrogens is 421 g/mol. The summed E-state index contributed by atoms with van der Waals surface area (Å²) in [5.41, 5.74) is 1.15. The predicted molar refractivity (Wildman–Crippen MR) is 114 cm³/mol. The number of imidazole rings is 1. The lowest BCUT2D eigenvalue weighted by molar-refractivity contribution is -0.133. The van der Waals surface area contributed by atoms with Crippen LogP contribution in [0.5, 0.6) is 0 Å². The van der Waals surface area contributed by atoms with Gasteiger partial charge in [-0.2, -0.15) is 0 Å². The van der Waals surface area contributed by atoms with E-state index in [2.05, 4.69) is 4.98 Å². The molecule has 0 aliphatic heterocycles. The van der Waals surface area contributed by atoms with Gasteiger partial charge in [-0.1, -0.05) is 26.0 Å². The third kappa shape index (κ3) is 6.13. The molecule has 1 saturated carbocycles. The standard InChI is InChI=1S/C22H30FN3O4S/c1-16(2)12-21(27)26(19-8-9-19)14-20-13-24-22(25(20)10-11-30-3)31(28,29)15-17-4-6-18(23)7-5-17/h4-7,13,16,19H,8-12,14-15H2,1-3H3. The topological polar surface area (TPSA) is 81.5 Å². The molecule has 0 atom stereocenters. The van der Waals surface area contributed by atoms with Crippen molar-refractivity contribution in [3.63, 3.8) is 0 Å². The number of halogens is 1. The number of aromatic nitrogens is 2. The quantitative estimate of drug-likeness (QED) is 0.524. The van der Waals surface area contributed by atoms with Crippen molar-refractivity contribution in [1.29, 1.82) is 0 Å². The highest BCUT2D eigenvalue weighted by molar-refractivity contribution is 7.90. The fourth-order valence-corrected chi connectivity index (χ4v) is 5.02. The zero-order chi connectivity index (χ0) is 22.6. The van der Waals surface area contributed by atoms with Crippen LogP contribution in [0.1, 0.15) is 44.4 Å². The Balaban J connectivity index is 1.88. The Kier molecular flexibility index (Phi) is 7.48. The maximum Gasteiger partial charge on any atom is 0.228 e. The van der Waals surface area contributed by atoms with Gasteiger partial charge in [0.05, 0.1) is 30.8 Å². The fourth-order valence-electron chi connectivity index (χ4n) is 3.50. The van der Waals surface area contributed by atoms with E-state index in [1.54, 1.807) is 11.7 Å². The Morgan fingerprint density at radius 2 is 1.97 bits per heavy atom. The second-order valence-corrected chi connectivity index (χ2v) is 10.3. The van der Waals surface area contributed by atoms with Gasteiger partial charge >= 0.3 is 0 Å². The van der Waals surface area contributed by atoms with E-state index in [9.17, 15) is 17.6 Å². The maximum absolute atomic E-state index is 13.2. The van der Waals surface area contributed by atoms with Gasteiger partial charge in [-0.05, 0) is 36.5 Å². The average Bonchev–Trinajstić information content (AvgIpc) is 3.45. The second kappa shape index (κ2) is 9.91. The molecule has 1 aliphatic rings. The Morgan fingerprint density at radius 1 is 1.29 bits per heavy atom. The Labute approximate surface area is 183 Å². The summed E-state index contributed by atoms with van der Waals surface area (Å²) in [4.78, 5) is 18.8. The number of hydrogen-bond donors (Lipinski definition) is 0. The van der Waals surface area contributed by atoms with E-state index < -0.39 is 15.7 Å². The summed E-state index contributed by atoms with van der Waals surface area (Å²) in [6, 6.07) is 5.59. The number of ether oxygens (including phenoxy) is 1. The molecule has 7 nitrogen and oxygen atoms in total. The van der Waals surface area contributed by atoms with Crippen molar-refractivity contribution in [2.24, 2.45) is 5.92 Å². The molecule has 9 heteroatoms. The molecule has 0 N–H and O–H groups in total. The number of methoxy groups -OCH3 is 1. The van der Waals surface area contributed by atoms with Gasteiger partial charge in [0.2, 0.25) is 20.9 Å². The van der Waals surface area contributed by atoms with Crippen molar-refractivity contribution in [3.05, 3.63) is 47.5 Å². The molecule has 1 aromatic carbocycles. The van der Waals surface area contributed by atoms with Crippen LogP contribution in [0, 0.1) is 11.7 Å². The summed E-state index contributed by atoms with van der Waals surface area (Å²) < 4.78 is 46.2. The normalized spacial score (nSPS) is 14.2. The van der Waals surface area contributed by atoms with Crippen molar-refractivity contribution in [1.82, 2.24) is 14.5 Å². The first-order valence-electron chi connectivity index (χ1n) is 10.5. The minimum Gasteiger partial charge on any atom is -0.383 e. The van der Waals surface area contributed by atoms with Crippen molar-refractivity contribution in [2.45, 2.75) is 63.2 Å². The van der Waals surface area contributed by atoms with Gasteiger partial charge in [-0.3, -0.25) is 4.79 Å². The molecule has 1 amide bonds. The van der Waals surface area contributed by atoms with Gasteiger partial charge in [-0.25, -0.2) is 17.8 Å². The molecule has 1 aliphatic carbocycles. The summed E-state index contributed by atoms with van der Waals surface area (Å²) in [6.07, 6.45) is 3.92. The van der Waals surface area contributed by atoms with Crippen LogP contribution in [0.25, 0.3) is 0 Å². The SMILES string of the molecule is COCCn1c(CN(C(=O)CC(C)C)C2CC2)cnc1S(=O)(=O)Cc1ccc(F)cc1. The molecule has 0 radical (unpaired) electrons. The first-order valence-corrected chi connectivity index (χ1v) is 12.2. The number of amides is 1. The number of nitrogens with zero attached hydrogens (tertiary/aromatic N) is 3. The molecule has 0 saturated heterocycles. The highest BCUT2D eigenvalue weighted by Crippen LogP contribution is 2.30. The van der Waals surface area contributed by atoms with E-state index in [1.165, 1.54) is 30.5 Å². The molecule has 170 valence electrons. The van der Waals surface area contributed by atoms with Gasteiger partial charge in [0, 0.05) is 26.1 Å². The predicted octanol–water partition coefficient (Wildman–Crippen LogP) is 3.18. The molecule has 1 fully saturated rings. The van der Waals surface area contributed by atoms with Crippen LogP contribution in [-0.2, 0) is 38.2 Å². The number of benzene rings is 1. The second-order valence-electron chi connectivity index (χ2n) is 8.41. The zero-order valence-corrected chi connectivity index (χ0v) is 19.1. The van der Waals surface area contributed by atoms with Crippen molar-refractivity contribution in [2.75, 3.05) is 13.7 Å². The molecule has 2 aromatic rings. The van der Waals surface area contributed by atoms with Gasteiger partial charge in [0.25, 0.3) is 0 Å². The van der Waals surface area contributed by atoms with E-state index in [-0.39, 0.29) is 28.8 Å². The molecule has 31 heavy (non-hydrogen) atoms. The van der Waals surface area contributed by atoms with Gasteiger partial charge in [-0.15, -0.1) is 0 Å². The van der Waals surface area contributed by atoms with E-state index in [0.717, 1.165) is 12.8 Å². The lowest BCUT2D eigenvalue weighted by Crippen LogP contribution is -2.34. The number of hydrogen-bond acceptors (Lipinski definition) is 5. The van der Waals surface area contributed by atoms with Gasteiger partial charge in [0.1, 0.15) is 5.82 Å². The zero-order valence-electron chi connectivity index (χ0n) is 18.3. The van der Waals surface area contributed by atoms with Crippen LogP contribution in [-0.4, -0.2) is 48.5 Å². The lowest BCUT2D eigenvalue weighted by atomic mass is 10.1. The Bertz CT molecular complexity index is 998. The molecule has 1 heterocycles. The third-order valence-electron chi connectivity index (χ3n) is 5.19. The van der Waals surface area contributed by atoms with Crippen molar-refractivity contribution >= 4 is 15.7 Å². The highest BCUT2D eigenvalue weighted by Gasteiger charge is 2.34. The van der Waals surface area contributed by atoms with Crippen LogP contribution in [0.2, 0.25) is 0 Å². The van der Waals surface area contributed by atoms with E-state index >= 15 is 0 Å². The Morgan fingerprint density at radius 3 is 2.55 bits per heavy atom. The average molecular weight is 452 g/mol. The summed E-state index contributed by atoms with van der Waals surface area (Å²) in [7, 11) is -2.23. The van der Waals surface area contributed by atoms with E-state index in [4.69, 9.17) is 4.74 Å². The first kappa shape index (κ1) is 23.4. The first-order chi connectivity index (χ1) is 14.7. The number of sulfone groups is 1. The largest absolute Gasteiger partial charge is 0.383 e. The monoisotopic (exact) mass is 451 g/mol. The van der Waals surface area contributed by atoms with E-state index in [1.807, 2.05) is 18.7 Å². The molecule has 0 unspecified atom stereocenters. The summed E-state index contributed by atoms with van der Waals surface area (Å²) in [5, 5.41) is -0.0593. The molecule has 3 rings (SSSR count). The lowest BCUT2D eigenvalue weighted by Gasteiger charge is -2.24. The van der Waals surface area contributed by atoms with E-state index in [0.29, 0.717) is 37.4 Å². The van der Waals surface area contributed by atoms with Crippen LogP contribution in [0.4, 0.5) is 4.39 Å². The molecule has 0 bridgehead atoms. The summed E-state index contributed by atoms with van der Waals surface area (Å²) >= 11 is 0. The smallest absolute Gasteiger partial charge is 0.228 e. The highest BCUT2D eigenvalue weighted by atomic mass is 32.2. The number of rotatable bonds is 11. The number of carbonyl (C=O) groups is 1. The third-order valence-corrected chi connectivity index (χ3v) is 6.79. The van der Waals surface area contributed by atoms with Crippen LogP contribution < -0.4 is 0 Å². The summed E-state index contributed by atoms with van der Waals surface area (Å²) in [5.74, 6) is -0.377. The van der Waals surface area contributed by atoms with Crippen LogP contribution in [0.3, 0.4) is 0 Å². The number of carbonyl (C=O) groups excluding carboxylic acids is 1. The fraction of sp³-hybridized carbons (Fsp3) is 0.545. The molecule has 0 spiro atoms. The van der Waals surface area contributed by atoms with Crippen molar-refractivity contribution < 1.29 is 22.3 Å². The van der Waals surface area contributed by atoms with Crippen LogP contribution >= 0.6 is 0 Å². The summed E-state index contributed by atoms with van der Waals surface area (Å²) in [6.45, 7) is 4.95. The maximum atomic E-state index is 13.2. The van der Waals surface area contributed by atoms with Crippen LogP contribution in [0.15, 0.2) is 35.6 Å². The van der Waals surface area contributed by atoms with Gasteiger partial charge in [0.15, 0.2) is 0 Å². The van der Waals surface area contributed by atoms with Gasteiger partial charge < -0.3 is 14.2 Å². The minimum absolute atomic E-state index is 0.0593. The van der Waals surface area contributed by atoms with Crippen molar-refractivity contribution in [3.8, 4) is 0 Å². The molecular formula is C22H30FN3O4S. The molecule has 1 aromatic heterocycles. The minimum atomic E-state index is -3.78. The Hall–Kier alpha value is -2.26.